The fourth-order valence-electron chi connectivity index (χ4n) is 10.00. The summed E-state index contributed by atoms with van der Waals surface area (Å²) in [5, 5.41) is 0. The van der Waals surface area contributed by atoms with Crippen LogP contribution in [0.2, 0.25) is 0 Å². The summed E-state index contributed by atoms with van der Waals surface area (Å²) in [6.07, 6.45) is 2.00. The van der Waals surface area contributed by atoms with Gasteiger partial charge in [0.25, 0.3) is 0 Å². The lowest BCUT2D eigenvalue weighted by Crippen LogP contribution is -2.20. The Bertz CT molecular complexity index is 3260. The van der Waals surface area contributed by atoms with Crippen molar-refractivity contribution in [2.45, 2.75) is 93.4 Å². The van der Waals surface area contributed by atoms with Crippen molar-refractivity contribution in [3.05, 3.63) is 263 Å². The smallest absolute Gasteiger partial charge is 0.0463 e. The van der Waals surface area contributed by atoms with E-state index in [-0.39, 0.29) is 5.41 Å². The average Bonchev–Trinajstić information content (AvgIpc) is 3.41. The molecule has 0 fully saturated rings. The molecule has 73 heavy (non-hydrogen) atoms. The summed E-state index contributed by atoms with van der Waals surface area (Å²) < 4.78 is 0. The Kier molecular flexibility index (Phi) is 14.7. The van der Waals surface area contributed by atoms with Gasteiger partial charge in [0.15, 0.2) is 0 Å². The molecule has 0 bridgehead atoms. The molecule has 0 saturated carbocycles. The molecule has 366 valence electrons. The molecule has 0 N–H and O–H groups in total. The Hall–Kier alpha value is -7.88. The van der Waals surface area contributed by atoms with Crippen LogP contribution < -0.4 is 14.7 Å². The van der Waals surface area contributed by atoms with Crippen LogP contribution in [-0.4, -0.2) is 0 Å². The SMILES string of the molecule is C=C(CC)c1cc(C(C)(C)c2ccc(-c3ccc(N(c4ccc(C)cc4)c4ccc(N(c5ccc(C)cc5)c5ccc(N(c6ccc(C)cc6)c6ccc(C)cc6)cc5)cc4)cc3)c(C(C)CC)c2)ccc1C. The number of aryl methyl sites for hydroxylation is 5. The topological polar surface area (TPSA) is 9.72 Å². The minimum atomic E-state index is -0.182. The van der Waals surface area contributed by atoms with Gasteiger partial charge in [0.2, 0.25) is 0 Å². The molecule has 0 amide bonds. The van der Waals surface area contributed by atoms with E-state index in [1.54, 1.807) is 0 Å². The first-order valence-electron chi connectivity index (χ1n) is 26.1. The Labute approximate surface area is 436 Å². The van der Waals surface area contributed by atoms with Crippen LogP contribution in [0.1, 0.15) is 103 Å². The van der Waals surface area contributed by atoms with Crippen molar-refractivity contribution in [2.75, 3.05) is 14.7 Å². The van der Waals surface area contributed by atoms with E-state index >= 15 is 0 Å². The zero-order valence-corrected chi connectivity index (χ0v) is 44.7. The van der Waals surface area contributed by atoms with Gasteiger partial charge in [0, 0.05) is 56.6 Å². The van der Waals surface area contributed by atoms with Crippen molar-refractivity contribution in [3.63, 3.8) is 0 Å². The quantitative estimate of drug-likeness (QED) is 0.0955. The van der Waals surface area contributed by atoms with Crippen LogP contribution in [0.5, 0.6) is 0 Å². The summed E-state index contributed by atoms with van der Waals surface area (Å²) in [6, 6.07) is 76.5. The number of benzene rings is 9. The monoisotopic (exact) mass is 954 g/mol. The fraction of sp³-hybridized carbons (Fsp3) is 0.200. The van der Waals surface area contributed by atoms with E-state index in [0.29, 0.717) is 5.92 Å². The molecule has 0 radical (unpaired) electrons. The summed E-state index contributed by atoms with van der Waals surface area (Å²) in [7, 11) is 0. The minimum absolute atomic E-state index is 0.182. The van der Waals surface area contributed by atoms with Gasteiger partial charge in [-0.3, -0.25) is 0 Å². The molecule has 9 rings (SSSR count). The second-order valence-corrected chi connectivity index (χ2v) is 20.7. The lowest BCUT2D eigenvalue weighted by Gasteiger charge is -2.30. The number of hydrogen-bond donors (Lipinski definition) is 0. The molecule has 0 saturated heterocycles. The Balaban J connectivity index is 1.05. The van der Waals surface area contributed by atoms with Crippen LogP contribution in [-0.2, 0) is 5.41 Å². The van der Waals surface area contributed by atoms with Crippen LogP contribution in [0.15, 0.2) is 213 Å². The van der Waals surface area contributed by atoms with Gasteiger partial charge in [0.05, 0.1) is 0 Å². The Morgan fingerprint density at radius 3 is 1.04 bits per heavy atom. The fourth-order valence-corrected chi connectivity index (χ4v) is 10.00. The third-order valence-electron chi connectivity index (χ3n) is 15.0. The van der Waals surface area contributed by atoms with Crippen LogP contribution in [0.4, 0.5) is 51.2 Å². The molecule has 3 nitrogen and oxygen atoms in total. The second kappa shape index (κ2) is 21.5. The van der Waals surface area contributed by atoms with E-state index in [4.69, 9.17) is 0 Å². The highest BCUT2D eigenvalue weighted by molar-refractivity contribution is 5.84. The second-order valence-electron chi connectivity index (χ2n) is 20.7. The van der Waals surface area contributed by atoms with E-state index in [1.807, 2.05) is 0 Å². The van der Waals surface area contributed by atoms with E-state index in [2.05, 4.69) is 297 Å². The molecule has 9 aromatic carbocycles. The van der Waals surface area contributed by atoms with Crippen molar-refractivity contribution in [3.8, 4) is 11.1 Å². The first-order chi connectivity index (χ1) is 35.2. The van der Waals surface area contributed by atoms with Crippen LogP contribution in [0, 0.1) is 34.6 Å². The standard InChI is InChI=1S/C70H71N3/c1-12-52(7)68-46-56(25-22-54(68)9)70(10,11)57-26-45-67(69(47-57)53(8)13-2)55-23-35-62(36-24-55)72(60-31-18-50(5)19-32-60)64-39-43-66(44-40-64)73(61-33-20-51(6)21-34-61)65-41-37-63(38-42-65)71(58-27-14-48(3)15-28-58)59-29-16-49(4)17-30-59/h14-47,53H,7,12-13H2,1-6,8-11H3. The van der Waals surface area contributed by atoms with Gasteiger partial charge in [-0.15, -0.1) is 0 Å². The summed E-state index contributed by atoms with van der Waals surface area (Å²) in [4.78, 5) is 7.05. The van der Waals surface area contributed by atoms with E-state index in [9.17, 15) is 0 Å². The van der Waals surface area contributed by atoms with Gasteiger partial charge < -0.3 is 14.7 Å². The van der Waals surface area contributed by atoms with Crippen molar-refractivity contribution in [1.82, 2.24) is 0 Å². The van der Waals surface area contributed by atoms with Crippen LogP contribution in [0.25, 0.3) is 16.7 Å². The molecule has 1 atom stereocenters. The average molecular weight is 954 g/mol. The normalized spacial score (nSPS) is 11.8. The molecule has 0 aliphatic carbocycles. The molecule has 3 heteroatoms. The first kappa shape index (κ1) is 50.1. The van der Waals surface area contributed by atoms with Gasteiger partial charge in [-0.2, -0.15) is 0 Å². The molecule has 0 spiro atoms. The highest BCUT2D eigenvalue weighted by atomic mass is 15.2. The lowest BCUT2D eigenvalue weighted by molar-refractivity contribution is 0.635. The summed E-state index contributed by atoms with van der Waals surface area (Å²) in [5.74, 6) is 0.394. The maximum absolute atomic E-state index is 4.40. The number of rotatable bonds is 16. The van der Waals surface area contributed by atoms with Crippen LogP contribution >= 0.6 is 0 Å². The summed E-state index contributed by atoms with van der Waals surface area (Å²) in [6.45, 7) is 26.7. The molecule has 0 aliphatic rings. The largest absolute Gasteiger partial charge is 0.311 e. The van der Waals surface area contributed by atoms with Crippen LogP contribution in [0.3, 0.4) is 0 Å². The number of anilines is 9. The molecule has 9 aromatic rings. The van der Waals surface area contributed by atoms with E-state index < -0.39 is 0 Å². The van der Waals surface area contributed by atoms with Crippen molar-refractivity contribution < 1.29 is 0 Å². The van der Waals surface area contributed by atoms with E-state index in [0.717, 1.165) is 64.0 Å². The minimum Gasteiger partial charge on any atom is -0.311 e. The number of hydrogen-bond acceptors (Lipinski definition) is 3. The number of allylic oxidation sites excluding steroid dienone is 1. The van der Waals surface area contributed by atoms with Gasteiger partial charge >= 0.3 is 0 Å². The Morgan fingerprint density at radius 1 is 0.411 bits per heavy atom. The molecule has 0 aromatic heterocycles. The third-order valence-corrected chi connectivity index (χ3v) is 15.0. The predicted molar refractivity (Wildman–Crippen MR) is 316 cm³/mol. The summed E-state index contributed by atoms with van der Waals surface area (Å²) in [5.41, 5.74) is 24.9. The van der Waals surface area contributed by atoms with Gasteiger partial charge in [-0.1, -0.05) is 161 Å². The zero-order valence-electron chi connectivity index (χ0n) is 44.7. The lowest BCUT2D eigenvalue weighted by atomic mass is 9.75. The molecular formula is C70H71N3. The van der Waals surface area contributed by atoms with E-state index in [1.165, 1.54) is 66.8 Å². The highest BCUT2D eigenvalue weighted by Crippen LogP contribution is 2.44. The van der Waals surface area contributed by atoms with Crippen molar-refractivity contribution >= 4 is 56.8 Å². The first-order valence-corrected chi connectivity index (χ1v) is 26.1. The Morgan fingerprint density at radius 2 is 0.712 bits per heavy atom. The zero-order chi connectivity index (χ0) is 51.4. The summed E-state index contributed by atoms with van der Waals surface area (Å²) >= 11 is 0. The van der Waals surface area contributed by atoms with Gasteiger partial charge in [-0.05, 0) is 207 Å². The number of nitrogens with zero attached hydrogens (tertiary/aromatic N) is 3. The van der Waals surface area contributed by atoms with Gasteiger partial charge in [0.1, 0.15) is 0 Å². The van der Waals surface area contributed by atoms with Crippen molar-refractivity contribution in [1.29, 1.82) is 0 Å². The van der Waals surface area contributed by atoms with Gasteiger partial charge in [-0.25, -0.2) is 0 Å². The molecule has 0 aliphatic heterocycles. The predicted octanol–water partition coefficient (Wildman–Crippen LogP) is 20.6. The highest BCUT2D eigenvalue weighted by Gasteiger charge is 2.27. The molecule has 0 heterocycles. The van der Waals surface area contributed by atoms with Crippen molar-refractivity contribution in [2.24, 2.45) is 0 Å². The maximum Gasteiger partial charge on any atom is 0.0463 e. The maximum atomic E-state index is 4.40. The molecular weight excluding hydrogens is 883 g/mol. The third kappa shape index (κ3) is 10.7. The molecule has 1 unspecified atom stereocenters.